The monoisotopic (exact) mass is 222 g/mol. The number of nitrogens with zero attached hydrogens (tertiary/aromatic N) is 3. The minimum atomic E-state index is 0.115. The van der Waals surface area contributed by atoms with E-state index in [0.29, 0.717) is 12.4 Å². The number of likely N-dealkylation sites (N-methyl/N-ethyl adjacent to an activating group) is 1. The largest absolute Gasteiger partial charge is 0.370 e. The molecular weight excluding hydrogens is 204 g/mol. The number of rotatable bonds is 5. The second kappa shape index (κ2) is 5.44. The molecule has 0 aliphatic heterocycles. The molecule has 0 saturated heterocycles. The predicted octanol–water partition coefficient (Wildman–Crippen LogP) is 1.24. The summed E-state index contributed by atoms with van der Waals surface area (Å²) < 4.78 is 0. The standard InChI is InChI=1S/C11H18N4O/c1-5-12-10-6-11(14-9(3)13-10)15(4)7-8(2)16/h6H,5,7H2,1-4H3,(H,12,13,14). The molecule has 0 amide bonds. The Bertz CT molecular complexity index is 378. The van der Waals surface area contributed by atoms with Crippen LogP contribution in [-0.4, -0.2) is 35.9 Å². The van der Waals surface area contributed by atoms with E-state index < -0.39 is 0 Å². The number of nitrogens with one attached hydrogen (secondary N) is 1. The Morgan fingerprint density at radius 2 is 2.19 bits per heavy atom. The third-order valence-electron chi connectivity index (χ3n) is 2.03. The van der Waals surface area contributed by atoms with Crippen molar-refractivity contribution in [3.63, 3.8) is 0 Å². The van der Waals surface area contributed by atoms with Crippen LogP contribution in [0.3, 0.4) is 0 Å². The molecule has 0 aromatic carbocycles. The van der Waals surface area contributed by atoms with Gasteiger partial charge in [-0.1, -0.05) is 0 Å². The van der Waals surface area contributed by atoms with Gasteiger partial charge in [-0.3, -0.25) is 4.79 Å². The maximum absolute atomic E-state index is 11.0. The van der Waals surface area contributed by atoms with Crippen LogP contribution in [0.25, 0.3) is 0 Å². The number of Topliss-reactive ketones (excluding diaryl/α,β-unsaturated/α-hetero) is 1. The summed E-state index contributed by atoms with van der Waals surface area (Å²) >= 11 is 0. The van der Waals surface area contributed by atoms with Crippen LogP contribution in [0, 0.1) is 6.92 Å². The summed E-state index contributed by atoms with van der Waals surface area (Å²) in [4.78, 5) is 21.4. The molecule has 0 saturated carbocycles. The van der Waals surface area contributed by atoms with Crippen molar-refractivity contribution in [3.8, 4) is 0 Å². The summed E-state index contributed by atoms with van der Waals surface area (Å²) in [5, 5.41) is 3.13. The zero-order chi connectivity index (χ0) is 12.1. The molecule has 1 aromatic heterocycles. The third kappa shape index (κ3) is 3.49. The summed E-state index contributed by atoms with van der Waals surface area (Å²) in [5.74, 6) is 2.37. The van der Waals surface area contributed by atoms with Crippen LogP contribution in [0.1, 0.15) is 19.7 Å². The lowest BCUT2D eigenvalue weighted by molar-refractivity contribution is -0.115. The summed E-state index contributed by atoms with van der Waals surface area (Å²) in [6.07, 6.45) is 0. The van der Waals surface area contributed by atoms with Gasteiger partial charge in [0.25, 0.3) is 0 Å². The van der Waals surface area contributed by atoms with Crippen LogP contribution >= 0.6 is 0 Å². The van der Waals surface area contributed by atoms with Crippen molar-refractivity contribution in [2.45, 2.75) is 20.8 Å². The Balaban J connectivity index is 2.90. The van der Waals surface area contributed by atoms with E-state index >= 15 is 0 Å². The molecule has 88 valence electrons. The molecule has 1 aromatic rings. The number of hydrogen-bond acceptors (Lipinski definition) is 5. The molecule has 0 aliphatic rings. The van der Waals surface area contributed by atoms with Gasteiger partial charge in [0.1, 0.15) is 23.2 Å². The predicted molar refractivity (Wildman–Crippen MR) is 64.9 cm³/mol. The van der Waals surface area contributed by atoms with E-state index in [9.17, 15) is 4.79 Å². The summed E-state index contributed by atoms with van der Waals surface area (Å²) in [5.41, 5.74) is 0. The van der Waals surface area contributed by atoms with E-state index in [4.69, 9.17) is 0 Å². The van der Waals surface area contributed by atoms with Crippen LogP contribution in [0.4, 0.5) is 11.6 Å². The first-order chi connectivity index (χ1) is 7.52. The highest BCUT2D eigenvalue weighted by molar-refractivity contribution is 5.80. The van der Waals surface area contributed by atoms with E-state index in [-0.39, 0.29) is 5.78 Å². The van der Waals surface area contributed by atoms with E-state index in [1.807, 2.05) is 31.9 Å². The summed E-state index contributed by atoms with van der Waals surface area (Å²) in [7, 11) is 1.85. The van der Waals surface area contributed by atoms with Crippen LogP contribution in [0.15, 0.2) is 6.07 Å². The normalized spacial score (nSPS) is 10.0. The smallest absolute Gasteiger partial charge is 0.149 e. The topological polar surface area (TPSA) is 58.1 Å². The minimum absolute atomic E-state index is 0.115. The number of hydrogen-bond donors (Lipinski definition) is 1. The highest BCUT2D eigenvalue weighted by Gasteiger charge is 2.07. The zero-order valence-corrected chi connectivity index (χ0v) is 10.2. The Labute approximate surface area is 95.9 Å². The average molecular weight is 222 g/mol. The van der Waals surface area contributed by atoms with Crippen molar-refractivity contribution in [1.29, 1.82) is 0 Å². The maximum atomic E-state index is 11.0. The molecule has 1 heterocycles. The number of ketones is 1. The van der Waals surface area contributed by atoms with Crippen LogP contribution in [-0.2, 0) is 4.79 Å². The molecule has 0 bridgehead atoms. The fourth-order valence-electron chi connectivity index (χ4n) is 1.43. The third-order valence-corrected chi connectivity index (χ3v) is 2.03. The van der Waals surface area contributed by atoms with Gasteiger partial charge in [-0.25, -0.2) is 9.97 Å². The molecule has 0 aliphatic carbocycles. The van der Waals surface area contributed by atoms with Crippen molar-refractivity contribution in [2.75, 3.05) is 30.4 Å². The molecular formula is C11H18N4O. The van der Waals surface area contributed by atoms with Gasteiger partial charge in [0, 0.05) is 19.7 Å². The zero-order valence-electron chi connectivity index (χ0n) is 10.2. The molecule has 0 unspecified atom stereocenters. The molecule has 5 nitrogen and oxygen atoms in total. The van der Waals surface area contributed by atoms with Gasteiger partial charge in [-0.15, -0.1) is 0 Å². The minimum Gasteiger partial charge on any atom is -0.370 e. The molecule has 0 atom stereocenters. The molecule has 1 N–H and O–H groups in total. The van der Waals surface area contributed by atoms with Crippen molar-refractivity contribution < 1.29 is 4.79 Å². The molecule has 0 fully saturated rings. The lowest BCUT2D eigenvalue weighted by Crippen LogP contribution is -2.25. The number of aromatic nitrogens is 2. The molecule has 5 heteroatoms. The molecule has 0 radical (unpaired) electrons. The number of carbonyl (C=O) groups is 1. The van der Waals surface area contributed by atoms with Crippen molar-refractivity contribution in [1.82, 2.24) is 9.97 Å². The first kappa shape index (κ1) is 12.4. The fraction of sp³-hybridized carbons (Fsp3) is 0.545. The van der Waals surface area contributed by atoms with Crippen molar-refractivity contribution >= 4 is 17.4 Å². The van der Waals surface area contributed by atoms with Gasteiger partial charge in [0.15, 0.2) is 0 Å². The van der Waals surface area contributed by atoms with Crippen LogP contribution in [0.5, 0.6) is 0 Å². The number of aryl methyl sites for hydroxylation is 1. The lowest BCUT2D eigenvalue weighted by atomic mass is 10.4. The van der Waals surface area contributed by atoms with Gasteiger partial charge in [-0.2, -0.15) is 0 Å². The molecule has 1 rings (SSSR count). The highest BCUT2D eigenvalue weighted by atomic mass is 16.1. The van der Waals surface area contributed by atoms with E-state index in [1.54, 1.807) is 6.92 Å². The van der Waals surface area contributed by atoms with Crippen molar-refractivity contribution in [3.05, 3.63) is 11.9 Å². The molecule has 16 heavy (non-hydrogen) atoms. The van der Waals surface area contributed by atoms with Gasteiger partial charge in [-0.05, 0) is 20.8 Å². The summed E-state index contributed by atoms with van der Waals surface area (Å²) in [6.45, 7) is 6.59. The second-order valence-electron chi connectivity index (χ2n) is 3.75. The average Bonchev–Trinajstić information content (AvgIpc) is 2.16. The lowest BCUT2D eigenvalue weighted by Gasteiger charge is -2.17. The Morgan fingerprint density at radius 3 is 2.75 bits per heavy atom. The van der Waals surface area contributed by atoms with E-state index in [0.717, 1.165) is 18.2 Å². The van der Waals surface area contributed by atoms with Crippen LogP contribution < -0.4 is 10.2 Å². The number of carbonyl (C=O) groups excluding carboxylic acids is 1. The van der Waals surface area contributed by atoms with Gasteiger partial charge >= 0.3 is 0 Å². The highest BCUT2D eigenvalue weighted by Crippen LogP contribution is 2.14. The summed E-state index contributed by atoms with van der Waals surface area (Å²) in [6, 6.07) is 1.85. The Morgan fingerprint density at radius 1 is 1.50 bits per heavy atom. The van der Waals surface area contributed by atoms with E-state index in [1.165, 1.54) is 0 Å². The second-order valence-corrected chi connectivity index (χ2v) is 3.75. The van der Waals surface area contributed by atoms with Gasteiger partial charge in [0.05, 0.1) is 6.54 Å². The Kier molecular flexibility index (Phi) is 4.22. The SMILES string of the molecule is CCNc1cc(N(C)CC(C)=O)nc(C)n1. The Hall–Kier alpha value is -1.65. The first-order valence-corrected chi connectivity index (χ1v) is 5.33. The van der Waals surface area contributed by atoms with E-state index in [2.05, 4.69) is 15.3 Å². The first-order valence-electron chi connectivity index (χ1n) is 5.33. The quantitative estimate of drug-likeness (QED) is 0.812. The van der Waals surface area contributed by atoms with Gasteiger partial charge in [0.2, 0.25) is 0 Å². The van der Waals surface area contributed by atoms with Crippen molar-refractivity contribution in [2.24, 2.45) is 0 Å². The van der Waals surface area contributed by atoms with Gasteiger partial charge < -0.3 is 10.2 Å². The maximum Gasteiger partial charge on any atom is 0.149 e. The number of anilines is 2. The molecule has 0 spiro atoms. The van der Waals surface area contributed by atoms with Crippen LogP contribution in [0.2, 0.25) is 0 Å². The fourth-order valence-corrected chi connectivity index (χ4v) is 1.43.